The van der Waals surface area contributed by atoms with E-state index in [0.29, 0.717) is 35.7 Å². The normalized spacial score (nSPS) is 38.5. The number of carboxylic acids is 2. The molecule has 4 nitrogen and oxygen atoms in total. The molecule has 34 heavy (non-hydrogen) atoms. The maximum Gasteiger partial charge on any atom is 0.330 e. The third-order valence-electron chi connectivity index (χ3n) is 10.7. The van der Waals surface area contributed by atoms with Crippen LogP contribution in [0.4, 0.5) is 0 Å². The summed E-state index contributed by atoms with van der Waals surface area (Å²) in [4.78, 5) is 22.7. The molecule has 2 N–H and O–H groups in total. The topological polar surface area (TPSA) is 74.6 Å². The van der Waals surface area contributed by atoms with E-state index in [2.05, 4.69) is 47.3 Å². The summed E-state index contributed by atoms with van der Waals surface area (Å²) in [5.74, 6) is 0.491. The van der Waals surface area contributed by atoms with Crippen LogP contribution < -0.4 is 0 Å². The van der Waals surface area contributed by atoms with Gasteiger partial charge in [-0.25, -0.2) is 4.79 Å². The Morgan fingerprint density at radius 2 is 1.82 bits per heavy atom. The van der Waals surface area contributed by atoms with E-state index in [0.717, 1.165) is 25.7 Å². The minimum absolute atomic E-state index is 0.125. The van der Waals surface area contributed by atoms with Gasteiger partial charge in [0.15, 0.2) is 0 Å². The largest absolute Gasteiger partial charge is 0.481 e. The van der Waals surface area contributed by atoms with Crippen LogP contribution in [0.3, 0.4) is 0 Å². The van der Waals surface area contributed by atoms with Gasteiger partial charge in [0.1, 0.15) is 0 Å². The molecule has 0 spiro atoms. The molecule has 0 aliphatic heterocycles. The number of rotatable bonds is 9. The predicted octanol–water partition coefficient (Wildman–Crippen LogP) is 7.66. The highest BCUT2D eigenvalue weighted by atomic mass is 16.4. The molecule has 4 heteroatoms. The second kappa shape index (κ2) is 9.66. The molecule has 2 fully saturated rings. The molecule has 3 aliphatic rings. The second-order valence-corrected chi connectivity index (χ2v) is 12.4. The van der Waals surface area contributed by atoms with Gasteiger partial charge in [-0.3, -0.25) is 4.79 Å². The van der Waals surface area contributed by atoms with Crippen molar-refractivity contribution in [2.24, 2.45) is 39.9 Å². The third kappa shape index (κ3) is 4.42. The molecule has 0 aromatic rings. The fourth-order valence-corrected chi connectivity index (χ4v) is 8.44. The first-order valence-electron chi connectivity index (χ1n) is 13.3. The number of allylic oxidation sites excluding steroid dienone is 4. The van der Waals surface area contributed by atoms with E-state index in [1.54, 1.807) is 6.92 Å². The number of hydrogen-bond acceptors (Lipinski definition) is 2. The van der Waals surface area contributed by atoms with Gasteiger partial charge in [0.25, 0.3) is 0 Å². The molecular formula is C30H46O4. The van der Waals surface area contributed by atoms with E-state index in [4.69, 9.17) is 5.11 Å². The van der Waals surface area contributed by atoms with Crippen molar-refractivity contribution in [1.82, 2.24) is 0 Å². The molecule has 0 heterocycles. The summed E-state index contributed by atoms with van der Waals surface area (Å²) in [5.41, 5.74) is 3.45. The van der Waals surface area contributed by atoms with Crippen LogP contribution in [-0.2, 0) is 9.59 Å². The lowest BCUT2D eigenvalue weighted by atomic mass is 9.44. The molecule has 0 bridgehead atoms. The van der Waals surface area contributed by atoms with E-state index < -0.39 is 11.9 Å². The smallest absolute Gasteiger partial charge is 0.330 e. The van der Waals surface area contributed by atoms with Crippen molar-refractivity contribution in [3.8, 4) is 0 Å². The van der Waals surface area contributed by atoms with E-state index in [-0.39, 0.29) is 22.7 Å². The summed E-state index contributed by atoms with van der Waals surface area (Å²) < 4.78 is 0. The van der Waals surface area contributed by atoms with Gasteiger partial charge in [0.2, 0.25) is 0 Å². The average molecular weight is 471 g/mol. The van der Waals surface area contributed by atoms with Crippen molar-refractivity contribution in [2.45, 2.75) is 99.3 Å². The molecule has 3 rings (SSSR count). The van der Waals surface area contributed by atoms with Crippen LogP contribution in [0.1, 0.15) is 99.3 Å². The average Bonchev–Trinajstić information content (AvgIpc) is 3.03. The SMILES string of the molecule is C=C(C)[C@H]1CC[C@H]2C(=CC[C@]3(C)[C@H]([C@@H](C)CC/C=C(/C)C(=O)O)CC[C@@]23C)[C@]1(C)CCC(=O)O. The lowest BCUT2D eigenvalue weighted by Gasteiger charge is -2.60. The van der Waals surface area contributed by atoms with Crippen molar-refractivity contribution in [1.29, 1.82) is 0 Å². The lowest BCUT2D eigenvalue weighted by molar-refractivity contribution is -0.138. The first-order valence-corrected chi connectivity index (χ1v) is 13.3. The van der Waals surface area contributed by atoms with Crippen LogP contribution in [0.5, 0.6) is 0 Å². The molecular weight excluding hydrogens is 424 g/mol. The predicted molar refractivity (Wildman–Crippen MR) is 137 cm³/mol. The van der Waals surface area contributed by atoms with Gasteiger partial charge in [-0.05, 0) is 105 Å². The van der Waals surface area contributed by atoms with Crippen molar-refractivity contribution < 1.29 is 19.8 Å². The maximum atomic E-state index is 11.5. The Bertz CT molecular complexity index is 897. The van der Waals surface area contributed by atoms with Gasteiger partial charge in [-0.15, -0.1) is 0 Å². The summed E-state index contributed by atoms with van der Waals surface area (Å²) in [6, 6.07) is 0. The number of carbonyl (C=O) groups is 2. The lowest BCUT2D eigenvalue weighted by Crippen LogP contribution is -2.52. The summed E-state index contributed by atoms with van der Waals surface area (Å²) in [5, 5.41) is 18.6. The number of hydrogen-bond donors (Lipinski definition) is 2. The number of aliphatic carboxylic acids is 2. The van der Waals surface area contributed by atoms with Crippen LogP contribution in [0, 0.1) is 39.9 Å². The first-order chi connectivity index (χ1) is 15.8. The Kier molecular flexibility index (Phi) is 7.60. The van der Waals surface area contributed by atoms with Crippen LogP contribution >= 0.6 is 0 Å². The van der Waals surface area contributed by atoms with Crippen LogP contribution in [0.15, 0.2) is 35.5 Å². The standard InChI is InChI=1S/C30H46O4/c1-19(2)22-11-12-25-24(28(22,5)16-15-26(31)32)14-18-29(6)23(13-17-30(25,29)7)20(3)9-8-10-21(4)27(33)34/h10,14,20,22-23,25H,1,8-9,11-13,15-18H2,2-7H3,(H,31,32)(H,33,34)/b21-10-/t20-,22+,23-,25-,28+,29+,30-/m0/s1. The molecule has 0 radical (unpaired) electrons. The molecule has 0 amide bonds. The van der Waals surface area contributed by atoms with Crippen molar-refractivity contribution >= 4 is 11.9 Å². The van der Waals surface area contributed by atoms with Crippen LogP contribution in [0.2, 0.25) is 0 Å². The molecule has 7 atom stereocenters. The summed E-state index contributed by atoms with van der Waals surface area (Å²) in [7, 11) is 0. The molecule has 0 saturated heterocycles. The van der Waals surface area contributed by atoms with Crippen molar-refractivity contribution in [2.75, 3.05) is 0 Å². The maximum absolute atomic E-state index is 11.5. The fraction of sp³-hybridized carbons (Fsp3) is 0.733. The zero-order valence-corrected chi connectivity index (χ0v) is 22.2. The monoisotopic (exact) mass is 470 g/mol. The van der Waals surface area contributed by atoms with Crippen molar-refractivity contribution in [3.63, 3.8) is 0 Å². The van der Waals surface area contributed by atoms with Gasteiger partial charge in [-0.2, -0.15) is 0 Å². The highest BCUT2D eigenvalue weighted by Crippen LogP contribution is 2.71. The molecule has 0 aromatic carbocycles. The minimum Gasteiger partial charge on any atom is -0.481 e. The Morgan fingerprint density at radius 3 is 2.41 bits per heavy atom. The second-order valence-electron chi connectivity index (χ2n) is 12.4. The van der Waals surface area contributed by atoms with Crippen LogP contribution in [-0.4, -0.2) is 22.2 Å². The van der Waals surface area contributed by atoms with E-state index in [1.165, 1.54) is 30.4 Å². The highest BCUT2D eigenvalue weighted by molar-refractivity contribution is 5.85. The molecule has 0 unspecified atom stereocenters. The third-order valence-corrected chi connectivity index (χ3v) is 10.7. The van der Waals surface area contributed by atoms with E-state index in [1.807, 2.05) is 6.08 Å². The summed E-state index contributed by atoms with van der Waals surface area (Å²) in [6.45, 7) is 17.8. The number of fused-ring (bicyclic) bond motifs is 3. The van der Waals surface area contributed by atoms with Gasteiger partial charge < -0.3 is 10.2 Å². The molecule has 190 valence electrons. The molecule has 0 aromatic heterocycles. The quantitative estimate of drug-likeness (QED) is 0.268. The van der Waals surface area contributed by atoms with Gasteiger partial charge >= 0.3 is 11.9 Å². The summed E-state index contributed by atoms with van der Waals surface area (Å²) >= 11 is 0. The molecule has 3 aliphatic carbocycles. The van der Waals surface area contributed by atoms with Gasteiger partial charge in [0.05, 0.1) is 0 Å². The van der Waals surface area contributed by atoms with Crippen molar-refractivity contribution in [3.05, 3.63) is 35.5 Å². The zero-order valence-electron chi connectivity index (χ0n) is 22.2. The fourth-order valence-electron chi connectivity index (χ4n) is 8.44. The summed E-state index contributed by atoms with van der Waals surface area (Å²) in [6.07, 6.45) is 12.9. The van der Waals surface area contributed by atoms with Gasteiger partial charge in [0, 0.05) is 12.0 Å². The Balaban J connectivity index is 1.89. The molecule has 2 saturated carbocycles. The Hall–Kier alpha value is -1.84. The Morgan fingerprint density at radius 1 is 1.15 bits per heavy atom. The minimum atomic E-state index is -0.825. The number of carboxylic acid groups (broad SMARTS) is 2. The van der Waals surface area contributed by atoms with E-state index in [9.17, 15) is 14.7 Å². The van der Waals surface area contributed by atoms with Gasteiger partial charge in [-0.1, -0.05) is 57.6 Å². The van der Waals surface area contributed by atoms with Crippen LogP contribution in [0.25, 0.3) is 0 Å². The highest BCUT2D eigenvalue weighted by Gasteiger charge is 2.63. The first kappa shape index (κ1) is 26.8. The zero-order chi connectivity index (χ0) is 25.5. The van der Waals surface area contributed by atoms with E-state index >= 15 is 0 Å². The Labute approximate surface area is 206 Å².